The number of rotatable bonds is 7. The Kier molecular flexibility index (Phi) is 8.25. The van der Waals surface area contributed by atoms with Gasteiger partial charge >= 0.3 is 0 Å². The lowest BCUT2D eigenvalue weighted by Crippen LogP contribution is -2.74. The second kappa shape index (κ2) is 14.9. The molecule has 0 saturated carbocycles. The summed E-state index contributed by atoms with van der Waals surface area (Å²) in [6.07, 6.45) is 0. The summed E-state index contributed by atoms with van der Waals surface area (Å²) >= 11 is 0. The molecule has 0 saturated heterocycles. The van der Waals surface area contributed by atoms with Gasteiger partial charge in [-0.05, 0) is 106 Å². The molecule has 15 rings (SSSR count). The van der Waals surface area contributed by atoms with Gasteiger partial charge in [0.25, 0.3) is 0 Å². The monoisotopic (exact) mass is 911 g/mol. The van der Waals surface area contributed by atoms with E-state index in [2.05, 4.69) is 271 Å². The van der Waals surface area contributed by atoms with Gasteiger partial charge in [-0.15, -0.1) is 0 Å². The molecule has 10 aromatic carbocycles. The topological polar surface area (TPSA) is 49.4 Å². The van der Waals surface area contributed by atoms with E-state index in [9.17, 15) is 0 Å². The third-order valence-corrected chi connectivity index (χ3v) is 19.4. The second-order valence-electron chi connectivity index (χ2n) is 18.3. The molecular formula is C62H41N7Si. The number of hydrogen-bond donors (Lipinski definition) is 0. The lowest BCUT2D eigenvalue weighted by Gasteiger charge is -2.35. The lowest BCUT2D eigenvalue weighted by atomic mass is 10.1. The minimum Gasteiger partial charge on any atom is -0.309 e. The third kappa shape index (κ3) is 5.39. The Hall–Kier alpha value is -9.24. The van der Waals surface area contributed by atoms with Gasteiger partial charge in [0.2, 0.25) is 11.6 Å². The van der Waals surface area contributed by atoms with Crippen LogP contribution in [0.2, 0.25) is 0 Å². The maximum absolute atomic E-state index is 5.41. The molecule has 328 valence electrons. The zero-order valence-electron chi connectivity index (χ0n) is 37.8. The van der Waals surface area contributed by atoms with E-state index in [1.807, 2.05) is 0 Å². The van der Waals surface area contributed by atoms with Crippen LogP contribution in [-0.4, -0.2) is 40.5 Å². The molecule has 5 aromatic heterocycles. The molecule has 0 fully saturated rings. The minimum absolute atomic E-state index is 0.872. The van der Waals surface area contributed by atoms with Gasteiger partial charge in [-0.1, -0.05) is 164 Å². The predicted octanol–water partition coefficient (Wildman–Crippen LogP) is 11.7. The zero-order valence-corrected chi connectivity index (χ0v) is 38.8. The summed E-state index contributed by atoms with van der Waals surface area (Å²) in [6, 6.07) is 91.1. The summed E-state index contributed by atoms with van der Waals surface area (Å²) < 4.78 is 11.8. The van der Waals surface area contributed by atoms with Crippen molar-refractivity contribution in [2.24, 2.45) is 0 Å². The van der Waals surface area contributed by atoms with Crippen LogP contribution >= 0.6 is 0 Å². The van der Waals surface area contributed by atoms with E-state index in [0.29, 0.717) is 0 Å². The van der Waals surface area contributed by atoms with E-state index in [1.165, 1.54) is 31.5 Å². The number of fused-ring (bicyclic) bond motifs is 13. The summed E-state index contributed by atoms with van der Waals surface area (Å²) in [5.41, 5.74) is 13.9. The molecule has 0 atom stereocenters. The van der Waals surface area contributed by atoms with Crippen LogP contribution in [0.25, 0.3) is 94.6 Å². The van der Waals surface area contributed by atoms with Gasteiger partial charge in [0.05, 0.1) is 66.5 Å². The van der Waals surface area contributed by atoms with Crippen molar-refractivity contribution in [1.82, 2.24) is 32.5 Å². The van der Waals surface area contributed by atoms with Crippen molar-refractivity contribution >= 4 is 106 Å². The first kappa shape index (κ1) is 38.8. The van der Waals surface area contributed by atoms with Crippen LogP contribution in [0.3, 0.4) is 0 Å². The summed E-state index contributed by atoms with van der Waals surface area (Å²) in [5.74, 6) is 1.76. The highest BCUT2D eigenvalue weighted by Crippen LogP contribution is 2.37. The van der Waals surface area contributed by atoms with Crippen molar-refractivity contribution in [3.05, 3.63) is 249 Å². The zero-order chi connectivity index (χ0) is 45.9. The minimum atomic E-state index is -3.09. The Labute approximate surface area is 402 Å². The molecule has 5 heterocycles. The fourth-order valence-electron chi connectivity index (χ4n) is 11.7. The number of hydrogen-bond acceptors (Lipinski definition) is 2. The summed E-state index contributed by atoms with van der Waals surface area (Å²) in [5, 5.41) is 7.56. The van der Waals surface area contributed by atoms with Crippen molar-refractivity contribution in [2.45, 2.75) is 0 Å². The Morgan fingerprint density at radius 1 is 0.257 bits per heavy atom. The molecule has 0 aliphatic rings. The molecule has 0 aliphatic heterocycles. The Balaban J connectivity index is 1.10. The maximum Gasteiger partial charge on any atom is 0.220 e. The first-order valence-corrected chi connectivity index (χ1v) is 25.8. The average Bonchev–Trinajstić information content (AvgIpc) is 4.22. The SMILES string of the molecule is c1ccc([Si](c2ccccc2)(c2ccccc2)c2cc(-n3c4ccccc4c4ccc(-n5c6ccccc6n6c7ccccc7nc56)cc43)cc(-n3c4ccccc4n4c5ccccc5nc34)c2)cc1. The van der Waals surface area contributed by atoms with E-state index in [-0.39, 0.29) is 0 Å². The van der Waals surface area contributed by atoms with Gasteiger partial charge in [-0.3, -0.25) is 17.9 Å². The lowest BCUT2D eigenvalue weighted by molar-refractivity contribution is 1.09. The van der Waals surface area contributed by atoms with E-state index < -0.39 is 8.07 Å². The molecule has 0 amide bonds. The molecule has 0 spiro atoms. The molecule has 8 heteroatoms. The van der Waals surface area contributed by atoms with Crippen molar-refractivity contribution in [3.8, 4) is 17.1 Å². The van der Waals surface area contributed by atoms with Crippen LogP contribution in [0.1, 0.15) is 0 Å². The quantitative estimate of drug-likeness (QED) is 0.118. The number of nitrogens with zero attached hydrogens (tertiary/aromatic N) is 7. The van der Waals surface area contributed by atoms with E-state index >= 15 is 0 Å². The highest BCUT2D eigenvalue weighted by atomic mass is 28.3. The van der Waals surface area contributed by atoms with Gasteiger partial charge in [-0.2, -0.15) is 0 Å². The maximum atomic E-state index is 5.41. The molecule has 0 N–H and O–H groups in total. The summed E-state index contributed by atoms with van der Waals surface area (Å²) in [6.45, 7) is 0. The molecule has 70 heavy (non-hydrogen) atoms. The Morgan fingerprint density at radius 2 is 0.657 bits per heavy atom. The standard InChI is InChI=1S/C62H41N7Si/c1-4-20-45(21-5-1)70(46-22-6-2-7-23-46,47-24-8-3-9-25-47)48-39-43(38-44(40-48)67-57-33-17-19-35-59(57)69-55-31-15-12-28-52(55)64-62(67)69)65-53-29-13-10-26-49(53)50-37-36-42(41-60(50)65)66-56-32-16-18-34-58(56)68-54-30-14-11-27-51(54)63-61(66)68/h1-41H. The number of benzene rings is 10. The molecule has 0 unspecified atom stereocenters. The van der Waals surface area contributed by atoms with Crippen LogP contribution < -0.4 is 20.7 Å². The van der Waals surface area contributed by atoms with Crippen LogP contribution in [0, 0.1) is 0 Å². The highest BCUT2D eigenvalue weighted by Gasteiger charge is 2.42. The van der Waals surface area contributed by atoms with Crippen LogP contribution in [0.4, 0.5) is 0 Å². The highest BCUT2D eigenvalue weighted by molar-refractivity contribution is 7.20. The molecule has 0 bridgehead atoms. The molecule has 0 radical (unpaired) electrons. The van der Waals surface area contributed by atoms with E-state index in [0.717, 1.165) is 83.8 Å². The van der Waals surface area contributed by atoms with Crippen LogP contribution in [-0.2, 0) is 0 Å². The number of aromatic nitrogens is 7. The summed E-state index contributed by atoms with van der Waals surface area (Å²) in [4.78, 5) is 10.7. The first-order valence-electron chi connectivity index (χ1n) is 23.8. The largest absolute Gasteiger partial charge is 0.309 e. The Morgan fingerprint density at radius 3 is 1.19 bits per heavy atom. The van der Waals surface area contributed by atoms with Crippen molar-refractivity contribution in [2.75, 3.05) is 0 Å². The van der Waals surface area contributed by atoms with Crippen LogP contribution in [0.15, 0.2) is 249 Å². The fraction of sp³-hybridized carbons (Fsp3) is 0. The molecule has 15 aromatic rings. The molecule has 7 nitrogen and oxygen atoms in total. The van der Waals surface area contributed by atoms with Crippen molar-refractivity contribution in [1.29, 1.82) is 0 Å². The smallest absolute Gasteiger partial charge is 0.220 e. The first-order chi connectivity index (χ1) is 34.7. The van der Waals surface area contributed by atoms with Gasteiger partial charge in [-0.25, -0.2) is 9.97 Å². The number of imidazole rings is 4. The molecule has 0 aliphatic carbocycles. The van der Waals surface area contributed by atoms with Gasteiger partial charge in [0.1, 0.15) is 0 Å². The average molecular weight is 912 g/mol. The predicted molar refractivity (Wildman–Crippen MR) is 291 cm³/mol. The van der Waals surface area contributed by atoms with Crippen molar-refractivity contribution in [3.63, 3.8) is 0 Å². The second-order valence-corrected chi connectivity index (χ2v) is 22.1. The van der Waals surface area contributed by atoms with Gasteiger partial charge in [0.15, 0.2) is 8.07 Å². The fourth-order valence-corrected chi connectivity index (χ4v) is 16.5. The summed E-state index contributed by atoms with van der Waals surface area (Å²) in [7, 11) is -3.09. The van der Waals surface area contributed by atoms with Gasteiger partial charge in [0, 0.05) is 16.5 Å². The Bertz CT molecular complexity index is 4440. The normalized spacial score (nSPS) is 12.3. The molecular weight excluding hydrogens is 871 g/mol. The van der Waals surface area contributed by atoms with E-state index in [4.69, 9.17) is 9.97 Å². The van der Waals surface area contributed by atoms with Crippen molar-refractivity contribution < 1.29 is 0 Å². The third-order valence-electron chi connectivity index (χ3n) is 14.6. The van der Waals surface area contributed by atoms with Gasteiger partial charge < -0.3 is 4.57 Å². The van der Waals surface area contributed by atoms with Crippen LogP contribution in [0.5, 0.6) is 0 Å². The van der Waals surface area contributed by atoms with E-state index in [1.54, 1.807) is 0 Å². The number of para-hydroxylation sites is 9.